The van der Waals surface area contributed by atoms with Crippen LogP contribution < -0.4 is 5.32 Å². The lowest BCUT2D eigenvalue weighted by Gasteiger charge is -2.24. The van der Waals surface area contributed by atoms with E-state index in [0.29, 0.717) is 25.7 Å². The van der Waals surface area contributed by atoms with Crippen molar-refractivity contribution in [1.29, 1.82) is 0 Å². The molecule has 1 N–H and O–H groups in total. The molecule has 0 bridgehead atoms. The summed E-state index contributed by atoms with van der Waals surface area (Å²) in [5.41, 5.74) is 3.31. The van der Waals surface area contributed by atoms with Crippen molar-refractivity contribution in [3.63, 3.8) is 0 Å². The van der Waals surface area contributed by atoms with Gasteiger partial charge in [-0.1, -0.05) is 6.92 Å². The van der Waals surface area contributed by atoms with Gasteiger partial charge in [0.1, 0.15) is 6.10 Å². The van der Waals surface area contributed by atoms with Crippen LogP contribution in [0.2, 0.25) is 0 Å². The summed E-state index contributed by atoms with van der Waals surface area (Å²) in [5.74, 6) is 1.15. The van der Waals surface area contributed by atoms with Crippen molar-refractivity contribution in [2.24, 2.45) is 0 Å². The molecule has 2 unspecified atom stereocenters. The third kappa shape index (κ3) is 3.29. The number of rotatable bonds is 4. The third-order valence-corrected chi connectivity index (χ3v) is 3.45. The van der Waals surface area contributed by atoms with Gasteiger partial charge in [0.2, 0.25) is 0 Å². The summed E-state index contributed by atoms with van der Waals surface area (Å²) >= 11 is 0. The van der Waals surface area contributed by atoms with E-state index in [1.807, 2.05) is 20.9 Å². The fraction of sp³-hybridized carbons (Fsp3) is 0.714. The van der Waals surface area contributed by atoms with Crippen molar-refractivity contribution in [1.82, 2.24) is 15.3 Å². The number of nitrogens with zero attached hydrogens (tertiary/aromatic N) is 2. The van der Waals surface area contributed by atoms with Crippen LogP contribution in [-0.4, -0.2) is 43.4 Å². The Morgan fingerprint density at radius 1 is 1.26 bits per heavy atom. The second-order valence-electron chi connectivity index (χ2n) is 5.06. The average molecular weight is 265 g/mol. The number of aryl methyl sites for hydroxylation is 2. The Labute approximate surface area is 114 Å². The minimum atomic E-state index is -0.125. The molecule has 0 radical (unpaired) electrons. The Morgan fingerprint density at radius 2 is 1.95 bits per heavy atom. The van der Waals surface area contributed by atoms with Crippen molar-refractivity contribution in [3.05, 3.63) is 22.8 Å². The molecule has 106 valence electrons. The molecule has 2 rings (SSSR count). The van der Waals surface area contributed by atoms with Gasteiger partial charge >= 0.3 is 0 Å². The fourth-order valence-corrected chi connectivity index (χ4v) is 2.65. The maximum atomic E-state index is 5.66. The van der Waals surface area contributed by atoms with E-state index in [4.69, 9.17) is 9.47 Å². The zero-order valence-electron chi connectivity index (χ0n) is 12.2. The first-order valence-electron chi connectivity index (χ1n) is 6.82. The molecule has 1 aromatic rings. The van der Waals surface area contributed by atoms with Crippen LogP contribution in [0.15, 0.2) is 0 Å². The Hall–Kier alpha value is -1.04. The second-order valence-corrected chi connectivity index (χ2v) is 5.06. The van der Waals surface area contributed by atoms with Crippen molar-refractivity contribution in [2.75, 3.05) is 33.4 Å². The van der Waals surface area contributed by atoms with Gasteiger partial charge in [0, 0.05) is 17.9 Å². The highest BCUT2D eigenvalue weighted by atomic mass is 16.6. The van der Waals surface area contributed by atoms with E-state index < -0.39 is 0 Å². The zero-order chi connectivity index (χ0) is 13.8. The molecule has 5 nitrogen and oxygen atoms in total. The van der Waals surface area contributed by atoms with Gasteiger partial charge in [-0.15, -0.1) is 0 Å². The van der Waals surface area contributed by atoms with Crippen LogP contribution in [0.4, 0.5) is 0 Å². The summed E-state index contributed by atoms with van der Waals surface area (Å²) in [7, 11) is 1.96. The van der Waals surface area contributed by atoms with Crippen molar-refractivity contribution < 1.29 is 9.47 Å². The zero-order valence-corrected chi connectivity index (χ0v) is 12.2. The highest BCUT2D eigenvalue weighted by Crippen LogP contribution is 2.24. The minimum absolute atomic E-state index is 0.125. The molecule has 0 aromatic carbocycles. The van der Waals surface area contributed by atoms with Crippen molar-refractivity contribution in [3.8, 4) is 0 Å². The summed E-state index contributed by atoms with van der Waals surface area (Å²) in [5, 5.41) is 3.20. The van der Waals surface area contributed by atoms with E-state index >= 15 is 0 Å². The minimum Gasteiger partial charge on any atom is -0.376 e. The van der Waals surface area contributed by atoms with E-state index in [0.717, 1.165) is 23.8 Å². The van der Waals surface area contributed by atoms with Gasteiger partial charge in [-0.3, -0.25) is 0 Å². The third-order valence-electron chi connectivity index (χ3n) is 3.45. The van der Waals surface area contributed by atoms with E-state index in [1.54, 1.807) is 0 Å². The summed E-state index contributed by atoms with van der Waals surface area (Å²) in [6.07, 6.45) is -0.125. The van der Waals surface area contributed by atoms with Crippen molar-refractivity contribution >= 4 is 0 Å². The first kappa shape index (κ1) is 14.4. The van der Waals surface area contributed by atoms with Crippen LogP contribution in [0, 0.1) is 13.8 Å². The summed E-state index contributed by atoms with van der Waals surface area (Å²) in [6.45, 7) is 9.02. The molecular weight excluding hydrogens is 242 g/mol. The largest absolute Gasteiger partial charge is 0.376 e. The standard InChI is InChI=1S/C14H23N3O2/c1-9(7-15-4)13-10(2)16-14(17-11(13)3)12-8-18-5-6-19-12/h9,12,15H,5-8H2,1-4H3. The van der Waals surface area contributed by atoms with Crippen LogP contribution in [-0.2, 0) is 9.47 Å². The van der Waals surface area contributed by atoms with E-state index in [-0.39, 0.29) is 6.10 Å². The highest BCUT2D eigenvalue weighted by molar-refractivity contribution is 5.28. The monoisotopic (exact) mass is 265 g/mol. The Kier molecular flexibility index (Phi) is 4.85. The molecule has 2 heterocycles. The highest BCUT2D eigenvalue weighted by Gasteiger charge is 2.22. The molecule has 1 aliphatic rings. The molecule has 5 heteroatoms. The first-order valence-corrected chi connectivity index (χ1v) is 6.82. The van der Waals surface area contributed by atoms with Crippen LogP contribution in [0.3, 0.4) is 0 Å². The lowest BCUT2D eigenvalue weighted by Crippen LogP contribution is -2.25. The maximum absolute atomic E-state index is 5.66. The Morgan fingerprint density at radius 3 is 2.47 bits per heavy atom. The normalized spacial score (nSPS) is 21.4. The molecule has 0 spiro atoms. The average Bonchev–Trinajstić information content (AvgIpc) is 2.39. The molecular formula is C14H23N3O2. The molecule has 2 atom stereocenters. The molecule has 0 saturated carbocycles. The number of ether oxygens (including phenoxy) is 2. The predicted molar refractivity (Wildman–Crippen MR) is 73.4 cm³/mol. The van der Waals surface area contributed by atoms with Crippen molar-refractivity contribution in [2.45, 2.75) is 32.8 Å². The lowest BCUT2D eigenvalue weighted by molar-refractivity contribution is -0.0936. The van der Waals surface area contributed by atoms with Gasteiger partial charge in [0.25, 0.3) is 0 Å². The van der Waals surface area contributed by atoms with Crippen LogP contribution >= 0.6 is 0 Å². The van der Waals surface area contributed by atoms with Gasteiger partial charge in [-0.2, -0.15) is 0 Å². The molecule has 19 heavy (non-hydrogen) atoms. The van der Waals surface area contributed by atoms with E-state index in [1.165, 1.54) is 5.56 Å². The number of nitrogens with one attached hydrogen (secondary N) is 1. The second kappa shape index (κ2) is 6.41. The lowest BCUT2D eigenvalue weighted by atomic mass is 9.98. The van der Waals surface area contributed by atoms with Gasteiger partial charge in [0.15, 0.2) is 5.82 Å². The molecule has 1 fully saturated rings. The van der Waals surface area contributed by atoms with Gasteiger partial charge in [-0.05, 0) is 32.4 Å². The number of likely N-dealkylation sites (N-methyl/N-ethyl adjacent to an activating group) is 1. The van der Waals surface area contributed by atoms with E-state index in [9.17, 15) is 0 Å². The summed E-state index contributed by atoms with van der Waals surface area (Å²) in [6, 6.07) is 0. The topological polar surface area (TPSA) is 56.3 Å². The maximum Gasteiger partial charge on any atom is 0.160 e. The van der Waals surface area contributed by atoms with Gasteiger partial charge in [-0.25, -0.2) is 9.97 Å². The molecule has 1 aromatic heterocycles. The van der Waals surface area contributed by atoms with E-state index in [2.05, 4.69) is 22.2 Å². The number of aromatic nitrogens is 2. The summed E-state index contributed by atoms with van der Waals surface area (Å²) in [4.78, 5) is 9.23. The smallest absolute Gasteiger partial charge is 0.160 e. The first-order chi connectivity index (χ1) is 9.13. The predicted octanol–water partition coefficient (Wildman–Crippen LogP) is 1.50. The fourth-order valence-electron chi connectivity index (χ4n) is 2.65. The molecule has 0 aliphatic carbocycles. The molecule has 0 amide bonds. The van der Waals surface area contributed by atoms with Crippen LogP contribution in [0.5, 0.6) is 0 Å². The Balaban J connectivity index is 2.25. The number of hydrogen-bond donors (Lipinski definition) is 1. The molecule has 1 saturated heterocycles. The van der Waals surface area contributed by atoms with Crippen LogP contribution in [0.25, 0.3) is 0 Å². The van der Waals surface area contributed by atoms with Gasteiger partial charge in [0.05, 0.1) is 19.8 Å². The van der Waals surface area contributed by atoms with Crippen LogP contribution in [0.1, 0.15) is 41.7 Å². The SMILES string of the molecule is CNCC(C)c1c(C)nc(C2COCCO2)nc1C. The number of hydrogen-bond acceptors (Lipinski definition) is 5. The molecule has 1 aliphatic heterocycles. The summed E-state index contributed by atoms with van der Waals surface area (Å²) < 4.78 is 11.1. The quantitative estimate of drug-likeness (QED) is 0.894. The van der Waals surface area contributed by atoms with Gasteiger partial charge < -0.3 is 14.8 Å². The Bertz CT molecular complexity index is 408.